The van der Waals surface area contributed by atoms with Gasteiger partial charge in [-0.2, -0.15) is 5.26 Å². The van der Waals surface area contributed by atoms with E-state index in [1.807, 2.05) is 39.0 Å². The number of aryl methyl sites for hydroxylation is 1. The average molecular weight is 282 g/mol. The molecule has 2 aromatic rings. The van der Waals surface area contributed by atoms with Crippen molar-refractivity contribution < 1.29 is 5.11 Å². The highest BCUT2D eigenvalue weighted by Gasteiger charge is 2.22. The number of aromatic hydroxyl groups is 1. The van der Waals surface area contributed by atoms with Crippen molar-refractivity contribution in [1.82, 2.24) is 4.98 Å². The molecule has 1 aromatic heterocycles. The molecule has 4 heteroatoms. The van der Waals surface area contributed by atoms with Gasteiger partial charge in [-0.1, -0.05) is 39.0 Å². The van der Waals surface area contributed by atoms with Crippen LogP contribution >= 0.6 is 0 Å². The number of aromatic amines is 1. The van der Waals surface area contributed by atoms with Crippen molar-refractivity contribution in [3.63, 3.8) is 0 Å². The monoisotopic (exact) mass is 282 g/mol. The molecule has 0 aliphatic heterocycles. The van der Waals surface area contributed by atoms with Gasteiger partial charge in [0.05, 0.1) is 0 Å². The fourth-order valence-electron chi connectivity index (χ4n) is 2.38. The largest absolute Gasteiger partial charge is 0.507 e. The summed E-state index contributed by atoms with van der Waals surface area (Å²) in [5.74, 6) is 0.117. The second-order valence-corrected chi connectivity index (χ2v) is 6.13. The van der Waals surface area contributed by atoms with E-state index in [0.717, 1.165) is 5.56 Å². The summed E-state index contributed by atoms with van der Waals surface area (Å²) >= 11 is 0. The Morgan fingerprint density at radius 2 is 1.90 bits per heavy atom. The maximum atomic E-state index is 11.9. The van der Waals surface area contributed by atoms with Crippen molar-refractivity contribution in [3.8, 4) is 22.9 Å². The molecule has 0 saturated carbocycles. The van der Waals surface area contributed by atoms with Gasteiger partial charge in [0.15, 0.2) is 0 Å². The van der Waals surface area contributed by atoms with Crippen LogP contribution in [-0.2, 0) is 5.41 Å². The molecule has 0 spiro atoms. The van der Waals surface area contributed by atoms with Gasteiger partial charge < -0.3 is 10.1 Å². The molecule has 0 saturated heterocycles. The van der Waals surface area contributed by atoms with Gasteiger partial charge in [0.2, 0.25) is 0 Å². The number of phenolic OH excluding ortho intramolecular Hbond substituents is 1. The molecule has 0 bridgehead atoms. The van der Waals surface area contributed by atoms with Gasteiger partial charge in [-0.25, -0.2) is 0 Å². The molecule has 108 valence electrons. The molecule has 0 amide bonds. The number of para-hydroxylation sites is 1. The molecule has 0 aliphatic rings. The third kappa shape index (κ3) is 2.68. The van der Waals surface area contributed by atoms with E-state index in [4.69, 9.17) is 0 Å². The van der Waals surface area contributed by atoms with Crippen molar-refractivity contribution in [2.24, 2.45) is 0 Å². The predicted molar refractivity (Wildman–Crippen MR) is 82.3 cm³/mol. The van der Waals surface area contributed by atoms with Crippen molar-refractivity contribution >= 4 is 0 Å². The molecule has 4 nitrogen and oxygen atoms in total. The molecule has 2 N–H and O–H groups in total. The summed E-state index contributed by atoms with van der Waals surface area (Å²) in [6, 6.07) is 9.03. The van der Waals surface area contributed by atoms with E-state index in [-0.39, 0.29) is 16.7 Å². The number of benzene rings is 1. The molecule has 0 unspecified atom stereocenters. The van der Waals surface area contributed by atoms with Crippen molar-refractivity contribution in [1.29, 1.82) is 5.26 Å². The Balaban J connectivity index is 2.81. The SMILES string of the molecule is Cc1cc(-c2cccc(C(C)(C)C)c2O)c(C#N)c(=O)[nH]1. The van der Waals surface area contributed by atoms with E-state index in [1.54, 1.807) is 19.1 Å². The Labute approximate surface area is 123 Å². The Morgan fingerprint density at radius 1 is 1.24 bits per heavy atom. The van der Waals surface area contributed by atoms with Gasteiger partial charge in [0.1, 0.15) is 17.4 Å². The van der Waals surface area contributed by atoms with Crippen LogP contribution in [0.2, 0.25) is 0 Å². The number of aromatic nitrogens is 1. The third-order valence-corrected chi connectivity index (χ3v) is 3.41. The van der Waals surface area contributed by atoms with Crippen LogP contribution in [-0.4, -0.2) is 10.1 Å². The van der Waals surface area contributed by atoms with Crippen LogP contribution in [0, 0.1) is 18.3 Å². The van der Waals surface area contributed by atoms with E-state index in [2.05, 4.69) is 4.98 Å². The summed E-state index contributed by atoms with van der Waals surface area (Å²) in [4.78, 5) is 14.5. The van der Waals surface area contributed by atoms with Gasteiger partial charge >= 0.3 is 0 Å². The number of nitriles is 1. The maximum Gasteiger partial charge on any atom is 0.266 e. The van der Waals surface area contributed by atoms with Crippen LogP contribution in [0.15, 0.2) is 29.1 Å². The zero-order valence-electron chi connectivity index (χ0n) is 12.6. The second-order valence-electron chi connectivity index (χ2n) is 6.13. The standard InChI is InChI=1S/C17H18N2O2/c1-10-8-12(13(9-18)16(21)19-10)11-6-5-7-14(15(11)20)17(2,3)4/h5-8,20H,1-4H3,(H,19,21). The molecular formula is C17H18N2O2. The van der Waals surface area contributed by atoms with Gasteiger partial charge in [-0.15, -0.1) is 0 Å². The number of nitrogens with zero attached hydrogens (tertiary/aromatic N) is 1. The van der Waals surface area contributed by atoms with E-state index < -0.39 is 5.56 Å². The van der Waals surface area contributed by atoms with Crippen molar-refractivity contribution in [3.05, 3.63) is 51.4 Å². The van der Waals surface area contributed by atoms with Crippen LogP contribution in [0.25, 0.3) is 11.1 Å². The zero-order chi connectivity index (χ0) is 15.8. The van der Waals surface area contributed by atoms with E-state index in [9.17, 15) is 15.2 Å². The number of nitrogens with one attached hydrogen (secondary N) is 1. The highest BCUT2D eigenvalue weighted by molar-refractivity contribution is 5.77. The zero-order valence-corrected chi connectivity index (χ0v) is 12.6. The number of hydrogen-bond acceptors (Lipinski definition) is 3. The number of phenols is 1. The topological polar surface area (TPSA) is 76.9 Å². The first-order chi connectivity index (χ1) is 9.75. The van der Waals surface area contributed by atoms with Gasteiger partial charge in [-0.05, 0) is 24.0 Å². The summed E-state index contributed by atoms with van der Waals surface area (Å²) in [6.07, 6.45) is 0. The van der Waals surface area contributed by atoms with E-state index >= 15 is 0 Å². The average Bonchev–Trinajstić information content (AvgIpc) is 2.36. The lowest BCUT2D eigenvalue weighted by Gasteiger charge is -2.22. The van der Waals surface area contributed by atoms with Gasteiger partial charge in [0, 0.05) is 16.8 Å². The molecule has 1 heterocycles. The van der Waals surface area contributed by atoms with Crippen LogP contribution in [0.5, 0.6) is 5.75 Å². The molecule has 0 fully saturated rings. The lowest BCUT2D eigenvalue weighted by atomic mass is 9.84. The minimum atomic E-state index is -0.437. The summed E-state index contributed by atoms with van der Waals surface area (Å²) in [5.41, 5.74) is 1.74. The van der Waals surface area contributed by atoms with Crippen LogP contribution in [0.4, 0.5) is 0 Å². The first-order valence-electron chi connectivity index (χ1n) is 6.72. The molecule has 2 rings (SSSR count). The smallest absolute Gasteiger partial charge is 0.266 e. The molecule has 0 atom stereocenters. The Bertz CT molecular complexity index is 790. The second kappa shape index (κ2) is 5.10. The maximum absolute atomic E-state index is 11.9. The Kier molecular flexibility index (Phi) is 3.61. The number of hydrogen-bond donors (Lipinski definition) is 2. The molecule has 21 heavy (non-hydrogen) atoms. The van der Waals surface area contributed by atoms with Crippen LogP contribution in [0.3, 0.4) is 0 Å². The normalized spacial score (nSPS) is 11.2. The highest BCUT2D eigenvalue weighted by Crippen LogP contribution is 2.38. The van der Waals surface area contributed by atoms with E-state index in [1.165, 1.54) is 0 Å². The Hall–Kier alpha value is -2.54. The lowest BCUT2D eigenvalue weighted by molar-refractivity contribution is 0.448. The molecule has 0 radical (unpaired) electrons. The number of rotatable bonds is 1. The minimum absolute atomic E-state index is 0.0157. The van der Waals surface area contributed by atoms with Crippen LogP contribution < -0.4 is 5.56 Å². The third-order valence-electron chi connectivity index (χ3n) is 3.41. The number of pyridine rings is 1. The predicted octanol–water partition coefficient (Wildman–Crippen LogP) is 3.23. The fraction of sp³-hybridized carbons (Fsp3) is 0.294. The fourth-order valence-corrected chi connectivity index (χ4v) is 2.38. The molecule has 1 aromatic carbocycles. The Morgan fingerprint density at radius 3 is 2.48 bits per heavy atom. The first kappa shape index (κ1) is 14.9. The first-order valence-corrected chi connectivity index (χ1v) is 6.72. The lowest BCUT2D eigenvalue weighted by Crippen LogP contribution is -2.14. The van der Waals surface area contributed by atoms with Crippen molar-refractivity contribution in [2.45, 2.75) is 33.1 Å². The van der Waals surface area contributed by atoms with Crippen LogP contribution in [0.1, 0.15) is 37.6 Å². The molecule has 0 aliphatic carbocycles. The highest BCUT2D eigenvalue weighted by atomic mass is 16.3. The van der Waals surface area contributed by atoms with E-state index in [0.29, 0.717) is 16.8 Å². The van der Waals surface area contributed by atoms with Crippen molar-refractivity contribution in [2.75, 3.05) is 0 Å². The number of H-pyrrole nitrogens is 1. The summed E-state index contributed by atoms with van der Waals surface area (Å²) in [7, 11) is 0. The summed E-state index contributed by atoms with van der Waals surface area (Å²) < 4.78 is 0. The summed E-state index contributed by atoms with van der Waals surface area (Å²) in [6.45, 7) is 7.75. The minimum Gasteiger partial charge on any atom is -0.507 e. The van der Waals surface area contributed by atoms with Gasteiger partial charge in [-0.3, -0.25) is 4.79 Å². The van der Waals surface area contributed by atoms with Gasteiger partial charge in [0.25, 0.3) is 5.56 Å². The summed E-state index contributed by atoms with van der Waals surface area (Å²) in [5, 5.41) is 19.8. The quantitative estimate of drug-likeness (QED) is 0.843. The molecular weight excluding hydrogens is 264 g/mol.